The lowest BCUT2D eigenvalue weighted by Gasteiger charge is -2.31. The first-order valence-corrected chi connectivity index (χ1v) is 14.6. The van der Waals surface area contributed by atoms with Crippen molar-refractivity contribution in [2.24, 2.45) is 0 Å². The summed E-state index contributed by atoms with van der Waals surface area (Å²) in [6.07, 6.45) is -2.16. The highest BCUT2D eigenvalue weighted by Gasteiger charge is 2.29. The molecule has 2 unspecified atom stereocenters. The molecule has 46 heavy (non-hydrogen) atoms. The third kappa shape index (κ3) is 8.88. The van der Waals surface area contributed by atoms with Crippen LogP contribution in [0, 0.1) is 20.2 Å². The molecule has 4 rings (SSSR count). The summed E-state index contributed by atoms with van der Waals surface area (Å²) in [4.78, 5) is 52.5. The van der Waals surface area contributed by atoms with Gasteiger partial charge in [-0.05, 0) is 37.1 Å². The number of para-hydroxylation sites is 4. The summed E-state index contributed by atoms with van der Waals surface area (Å²) in [5, 5.41) is 23.0. The molecule has 0 heterocycles. The number of carbonyl (C=O) groups is 2. The van der Waals surface area contributed by atoms with Crippen LogP contribution in [0.1, 0.15) is 25.0 Å². The first kappa shape index (κ1) is 33.1. The highest BCUT2D eigenvalue weighted by molar-refractivity contribution is 5.82. The Hall–Kier alpha value is -5.78. The Morgan fingerprint density at radius 3 is 1.26 bits per heavy atom. The average molecular weight is 627 g/mol. The summed E-state index contributed by atoms with van der Waals surface area (Å²) in [7, 11) is 0. The highest BCUT2D eigenvalue weighted by Crippen LogP contribution is 2.28. The van der Waals surface area contributed by atoms with Gasteiger partial charge in [-0.2, -0.15) is 0 Å². The Morgan fingerprint density at radius 1 is 0.587 bits per heavy atom. The molecule has 0 bridgehead atoms. The van der Waals surface area contributed by atoms with Gasteiger partial charge >= 0.3 is 11.4 Å². The van der Waals surface area contributed by atoms with Crippen LogP contribution in [0.4, 0.5) is 11.4 Å². The van der Waals surface area contributed by atoms with Crippen LogP contribution in [0.2, 0.25) is 0 Å². The molecule has 0 aromatic heterocycles. The fraction of sp³-hybridized carbons (Fsp3) is 0.235. The predicted octanol–water partition coefficient (Wildman–Crippen LogP) is 5.80. The van der Waals surface area contributed by atoms with Crippen molar-refractivity contribution >= 4 is 23.2 Å². The monoisotopic (exact) mass is 626 g/mol. The minimum absolute atomic E-state index is 0.0325. The van der Waals surface area contributed by atoms with E-state index >= 15 is 0 Å². The van der Waals surface area contributed by atoms with E-state index in [4.69, 9.17) is 9.47 Å². The minimum Gasteiger partial charge on any atom is -0.474 e. The molecule has 0 radical (unpaired) electrons. The highest BCUT2D eigenvalue weighted by atomic mass is 16.6. The molecule has 0 aliphatic rings. The second kappa shape index (κ2) is 15.8. The molecule has 2 atom stereocenters. The van der Waals surface area contributed by atoms with E-state index < -0.39 is 33.9 Å². The van der Waals surface area contributed by atoms with E-state index in [2.05, 4.69) is 0 Å². The molecule has 0 fully saturated rings. The van der Waals surface area contributed by atoms with E-state index in [-0.39, 0.29) is 49.1 Å². The molecular weight excluding hydrogens is 592 g/mol. The van der Waals surface area contributed by atoms with Crippen molar-refractivity contribution in [2.75, 3.05) is 13.1 Å². The number of ether oxygens (including phenoxy) is 2. The first-order chi connectivity index (χ1) is 22.1. The predicted molar refractivity (Wildman–Crippen MR) is 170 cm³/mol. The van der Waals surface area contributed by atoms with Gasteiger partial charge in [-0.1, -0.05) is 84.9 Å². The molecule has 0 saturated carbocycles. The lowest BCUT2D eigenvalue weighted by atomic mass is 10.1. The third-order valence-electron chi connectivity index (χ3n) is 7.12. The zero-order chi connectivity index (χ0) is 33.1. The zero-order valence-corrected chi connectivity index (χ0v) is 25.4. The maximum atomic E-state index is 13.8. The topological polar surface area (TPSA) is 145 Å². The summed E-state index contributed by atoms with van der Waals surface area (Å²) in [6, 6.07) is 30.2. The Bertz CT molecular complexity index is 1530. The van der Waals surface area contributed by atoms with Crippen molar-refractivity contribution in [3.05, 3.63) is 141 Å². The number of carbonyl (C=O) groups excluding carboxylic acids is 2. The Labute approximate surface area is 266 Å². The van der Waals surface area contributed by atoms with Gasteiger partial charge in [0.15, 0.2) is 23.7 Å². The number of hydrogen-bond donors (Lipinski definition) is 0. The smallest absolute Gasteiger partial charge is 0.310 e. The zero-order valence-electron chi connectivity index (χ0n) is 25.4. The largest absolute Gasteiger partial charge is 0.474 e. The van der Waals surface area contributed by atoms with Crippen LogP contribution in [0.15, 0.2) is 109 Å². The van der Waals surface area contributed by atoms with Crippen molar-refractivity contribution in [1.82, 2.24) is 9.80 Å². The van der Waals surface area contributed by atoms with Crippen molar-refractivity contribution in [3.63, 3.8) is 0 Å². The van der Waals surface area contributed by atoms with Gasteiger partial charge in [0.05, 0.1) is 9.85 Å². The first-order valence-electron chi connectivity index (χ1n) is 14.6. The van der Waals surface area contributed by atoms with E-state index in [1.165, 1.54) is 60.0 Å². The van der Waals surface area contributed by atoms with Crippen molar-refractivity contribution in [2.45, 2.75) is 39.1 Å². The Balaban J connectivity index is 1.57. The Morgan fingerprint density at radius 2 is 0.913 bits per heavy atom. The molecule has 4 aromatic rings. The fourth-order valence-corrected chi connectivity index (χ4v) is 4.79. The number of nitro benzene ring substituents is 2. The minimum atomic E-state index is -1.08. The molecule has 4 aromatic carbocycles. The molecule has 12 heteroatoms. The number of hydrogen-bond acceptors (Lipinski definition) is 8. The van der Waals surface area contributed by atoms with E-state index in [9.17, 15) is 29.8 Å². The number of amides is 2. The summed E-state index contributed by atoms with van der Waals surface area (Å²) < 4.78 is 11.6. The van der Waals surface area contributed by atoms with Crippen LogP contribution in [-0.4, -0.2) is 56.8 Å². The molecule has 0 N–H and O–H groups in total. The molecule has 0 aliphatic heterocycles. The van der Waals surface area contributed by atoms with E-state index in [1.54, 1.807) is 12.1 Å². The summed E-state index contributed by atoms with van der Waals surface area (Å²) in [6.45, 7) is 3.61. The van der Waals surface area contributed by atoms with Crippen LogP contribution >= 0.6 is 0 Å². The molecule has 12 nitrogen and oxygen atoms in total. The maximum absolute atomic E-state index is 13.8. The van der Waals surface area contributed by atoms with Crippen LogP contribution in [-0.2, 0) is 22.7 Å². The molecular formula is C34H34N4O8. The third-order valence-corrected chi connectivity index (χ3v) is 7.12. The maximum Gasteiger partial charge on any atom is 0.310 e. The average Bonchev–Trinajstić information content (AvgIpc) is 3.06. The lowest BCUT2D eigenvalue weighted by Crippen LogP contribution is -2.47. The van der Waals surface area contributed by atoms with Gasteiger partial charge in [0, 0.05) is 38.3 Å². The van der Waals surface area contributed by atoms with Crippen molar-refractivity contribution in [3.8, 4) is 11.5 Å². The number of rotatable bonds is 15. The van der Waals surface area contributed by atoms with Gasteiger partial charge in [0.2, 0.25) is 0 Å². The normalized spacial score (nSPS) is 12.0. The van der Waals surface area contributed by atoms with Gasteiger partial charge in [0.1, 0.15) is 0 Å². The summed E-state index contributed by atoms with van der Waals surface area (Å²) >= 11 is 0. The molecule has 0 saturated heterocycles. The van der Waals surface area contributed by atoms with Gasteiger partial charge in [-0.25, -0.2) is 0 Å². The fourth-order valence-electron chi connectivity index (χ4n) is 4.79. The summed E-state index contributed by atoms with van der Waals surface area (Å²) in [5.74, 6) is -0.929. The molecule has 2 amide bonds. The van der Waals surface area contributed by atoms with E-state index in [1.807, 2.05) is 60.7 Å². The number of nitro groups is 2. The van der Waals surface area contributed by atoms with Crippen molar-refractivity contribution in [1.29, 1.82) is 0 Å². The number of nitrogens with zero attached hydrogens (tertiary/aromatic N) is 4. The van der Waals surface area contributed by atoms with Gasteiger partial charge in [0.25, 0.3) is 11.8 Å². The SMILES string of the molecule is CC(Oc1ccccc1[N+](=O)[O-])C(=O)N(CCN(Cc1ccccc1)C(=O)C(C)Oc1ccccc1[N+](=O)[O-])Cc1ccccc1. The standard InChI is InChI=1S/C34H34N4O8/c1-25(45-31-19-11-9-17-29(31)37(41)42)33(39)35(23-27-13-5-3-6-14-27)21-22-36(24-28-15-7-4-8-16-28)34(40)26(2)46-32-20-12-10-18-30(32)38(43)44/h3-20,25-26H,21-24H2,1-2H3. The van der Waals surface area contributed by atoms with Gasteiger partial charge in [-0.15, -0.1) is 0 Å². The lowest BCUT2D eigenvalue weighted by molar-refractivity contribution is -0.386. The van der Waals surface area contributed by atoms with Gasteiger partial charge < -0.3 is 19.3 Å². The quantitative estimate of drug-likeness (QED) is 0.119. The van der Waals surface area contributed by atoms with Crippen molar-refractivity contribution < 1.29 is 28.9 Å². The Kier molecular flexibility index (Phi) is 11.4. The van der Waals surface area contributed by atoms with Crippen LogP contribution < -0.4 is 9.47 Å². The second-order valence-electron chi connectivity index (χ2n) is 10.5. The molecule has 0 aliphatic carbocycles. The van der Waals surface area contributed by atoms with E-state index in [0.717, 1.165) is 11.1 Å². The molecule has 0 spiro atoms. The number of benzene rings is 4. The van der Waals surface area contributed by atoms with Gasteiger partial charge in [-0.3, -0.25) is 29.8 Å². The van der Waals surface area contributed by atoms with Crippen LogP contribution in [0.3, 0.4) is 0 Å². The van der Waals surface area contributed by atoms with E-state index in [0.29, 0.717) is 0 Å². The second-order valence-corrected chi connectivity index (χ2v) is 10.5. The summed E-state index contributed by atoms with van der Waals surface area (Å²) in [5.41, 5.74) is 1.15. The molecule has 238 valence electrons. The van der Waals surface area contributed by atoms with Crippen LogP contribution in [0.5, 0.6) is 11.5 Å². The van der Waals surface area contributed by atoms with Crippen LogP contribution in [0.25, 0.3) is 0 Å².